The van der Waals surface area contributed by atoms with E-state index in [0.29, 0.717) is 0 Å². The van der Waals surface area contributed by atoms with Gasteiger partial charge in [0.25, 0.3) is 0 Å². The van der Waals surface area contributed by atoms with Crippen LogP contribution in [0.5, 0.6) is 0 Å². The monoisotopic (exact) mass is 341 g/mol. The number of imide groups is 1. The lowest BCUT2D eigenvalue weighted by atomic mass is 9.49. The summed E-state index contributed by atoms with van der Waals surface area (Å²) in [4.78, 5) is 51.1. The van der Waals surface area contributed by atoms with Crippen LogP contribution in [-0.4, -0.2) is 42.6 Å². The zero-order chi connectivity index (χ0) is 17.9. The molecule has 25 heavy (non-hydrogen) atoms. The molecule has 0 radical (unpaired) electrons. The number of nitrogens with zero attached hydrogens (tertiary/aromatic N) is 1. The standard InChI is InChI=1S/C19H19NO5/c1-3-25-19(24)14-11(8-21)12-9-6-4-5-7-10(9)13(14)16-15(12)17(22)20(2)18(16)23/h4-8,11-16H,3H2,1-2H3/t11-,12+,13-,14+,15+,16-/m1/s1. The highest BCUT2D eigenvalue weighted by molar-refractivity contribution is 6.07. The normalized spacial score (nSPS) is 35.4. The smallest absolute Gasteiger partial charge is 0.310 e. The van der Waals surface area contributed by atoms with Crippen molar-refractivity contribution in [1.82, 2.24) is 4.90 Å². The van der Waals surface area contributed by atoms with E-state index in [1.165, 1.54) is 7.05 Å². The fourth-order valence-corrected chi connectivity index (χ4v) is 5.16. The maximum Gasteiger partial charge on any atom is 0.310 e. The Labute approximate surface area is 145 Å². The highest BCUT2D eigenvalue weighted by Crippen LogP contribution is 2.62. The number of benzene rings is 1. The Morgan fingerprint density at radius 2 is 1.64 bits per heavy atom. The second-order valence-corrected chi connectivity index (χ2v) is 6.96. The summed E-state index contributed by atoms with van der Waals surface area (Å²) >= 11 is 0. The average molecular weight is 341 g/mol. The summed E-state index contributed by atoms with van der Waals surface area (Å²) in [6.07, 6.45) is 0.765. The Morgan fingerprint density at radius 3 is 2.20 bits per heavy atom. The van der Waals surface area contributed by atoms with Crippen molar-refractivity contribution < 1.29 is 23.9 Å². The van der Waals surface area contributed by atoms with Gasteiger partial charge in [-0.05, 0) is 18.1 Å². The number of hydrogen-bond acceptors (Lipinski definition) is 5. The predicted octanol–water partition coefficient (Wildman–Crippen LogP) is 1.11. The molecule has 130 valence electrons. The lowest BCUT2D eigenvalue weighted by Crippen LogP contribution is -2.53. The van der Waals surface area contributed by atoms with Gasteiger partial charge in [-0.2, -0.15) is 0 Å². The van der Waals surface area contributed by atoms with Gasteiger partial charge in [-0.1, -0.05) is 24.3 Å². The van der Waals surface area contributed by atoms with E-state index in [1.54, 1.807) is 6.92 Å². The third-order valence-electron chi connectivity index (χ3n) is 6.04. The van der Waals surface area contributed by atoms with Crippen LogP contribution >= 0.6 is 0 Å². The molecule has 0 aromatic heterocycles. The minimum atomic E-state index is -0.721. The van der Waals surface area contributed by atoms with Crippen LogP contribution in [0.3, 0.4) is 0 Å². The molecule has 0 N–H and O–H groups in total. The number of likely N-dealkylation sites (tertiary alicyclic amines) is 1. The molecular formula is C19H19NO5. The minimum Gasteiger partial charge on any atom is -0.466 e. The van der Waals surface area contributed by atoms with Crippen LogP contribution in [0.4, 0.5) is 0 Å². The van der Waals surface area contributed by atoms with Gasteiger partial charge in [-0.3, -0.25) is 19.3 Å². The van der Waals surface area contributed by atoms with Crippen molar-refractivity contribution in [1.29, 1.82) is 0 Å². The van der Waals surface area contributed by atoms with Gasteiger partial charge >= 0.3 is 5.97 Å². The molecule has 2 bridgehead atoms. The number of fused-ring (bicyclic) bond motifs is 1. The molecule has 0 unspecified atom stereocenters. The summed E-state index contributed by atoms with van der Waals surface area (Å²) in [5, 5.41) is 0. The van der Waals surface area contributed by atoms with Gasteiger partial charge in [0.15, 0.2) is 0 Å². The van der Waals surface area contributed by atoms with Gasteiger partial charge in [-0.15, -0.1) is 0 Å². The Hall–Kier alpha value is -2.50. The molecule has 1 heterocycles. The summed E-state index contributed by atoms with van der Waals surface area (Å²) < 4.78 is 5.21. The predicted molar refractivity (Wildman–Crippen MR) is 86.4 cm³/mol. The topological polar surface area (TPSA) is 80.8 Å². The molecule has 1 aromatic carbocycles. The molecule has 1 aliphatic heterocycles. The Balaban J connectivity index is 1.94. The van der Waals surface area contributed by atoms with Crippen LogP contribution in [0, 0.1) is 23.7 Å². The first-order chi connectivity index (χ1) is 12.0. The molecule has 1 saturated carbocycles. The second-order valence-electron chi connectivity index (χ2n) is 6.96. The molecule has 6 atom stereocenters. The maximum atomic E-state index is 12.7. The molecule has 2 amide bonds. The molecule has 3 aliphatic carbocycles. The van der Waals surface area contributed by atoms with E-state index in [2.05, 4.69) is 0 Å². The zero-order valence-corrected chi connectivity index (χ0v) is 14.0. The van der Waals surface area contributed by atoms with Crippen molar-refractivity contribution in [3.8, 4) is 0 Å². The first-order valence-electron chi connectivity index (χ1n) is 8.55. The van der Waals surface area contributed by atoms with E-state index in [9.17, 15) is 19.2 Å². The lowest BCUT2D eigenvalue weighted by Gasteiger charge is -2.51. The largest absolute Gasteiger partial charge is 0.466 e. The summed E-state index contributed by atoms with van der Waals surface area (Å²) in [6.45, 7) is 1.92. The summed E-state index contributed by atoms with van der Waals surface area (Å²) in [5.74, 6) is -4.47. The number of carbonyl (C=O) groups excluding carboxylic acids is 4. The van der Waals surface area contributed by atoms with Gasteiger partial charge in [-0.25, -0.2) is 0 Å². The number of rotatable bonds is 3. The first-order valence-corrected chi connectivity index (χ1v) is 8.55. The molecule has 5 rings (SSSR count). The van der Waals surface area contributed by atoms with E-state index in [0.717, 1.165) is 22.3 Å². The Bertz CT molecular complexity index is 788. The van der Waals surface area contributed by atoms with Crippen LogP contribution in [0.1, 0.15) is 29.9 Å². The van der Waals surface area contributed by atoms with E-state index < -0.39 is 41.5 Å². The van der Waals surface area contributed by atoms with Crippen molar-refractivity contribution in [2.75, 3.05) is 13.7 Å². The Morgan fingerprint density at radius 1 is 1.08 bits per heavy atom. The van der Waals surface area contributed by atoms with Gasteiger partial charge in [0.2, 0.25) is 11.8 Å². The van der Waals surface area contributed by atoms with Crippen LogP contribution < -0.4 is 0 Å². The summed E-state index contributed by atoms with van der Waals surface area (Å²) in [7, 11) is 1.47. The quantitative estimate of drug-likeness (QED) is 0.467. The van der Waals surface area contributed by atoms with Crippen LogP contribution in [0.25, 0.3) is 0 Å². The van der Waals surface area contributed by atoms with Crippen molar-refractivity contribution in [3.05, 3.63) is 35.4 Å². The van der Waals surface area contributed by atoms with Crippen LogP contribution in [-0.2, 0) is 23.9 Å². The minimum absolute atomic E-state index is 0.209. The van der Waals surface area contributed by atoms with Gasteiger partial charge in [0.05, 0.1) is 24.4 Å². The number of esters is 1. The number of ether oxygens (including phenoxy) is 1. The van der Waals surface area contributed by atoms with E-state index in [4.69, 9.17) is 4.74 Å². The molecule has 0 spiro atoms. The van der Waals surface area contributed by atoms with Crippen molar-refractivity contribution in [2.24, 2.45) is 23.7 Å². The van der Waals surface area contributed by atoms with Gasteiger partial charge in [0, 0.05) is 24.8 Å². The highest BCUT2D eigenvalue weighted by atomic mass is 16.5. The third-order valence-corrected chi connectivity index (χ3v) is 6.04. The Kier molecular flexibility index (Phi) is 3.52. The van der Waals surface area contributed by atoms with E-state index in [-0.39, 0.29) is 18.4 Å². The SMILES string of the molecule is CCOC(=O)[C@H]1[C@H](C=O)[C@@H]2c3ccccc3[C@H]1[C@H]1C(=O)N(C)C(=O)[C@H]12. The zero-order valence-electron chi connectivity index (χ0n) is 14.0. The molecule has 1 saturated heterocycles. The fourth-order valence-electron chi connectivity index (χ4n) is 5.16. The van der Waals surface area contributed by atoms with Crippen molar-refractivity contribution in [2.45, 2.75) is 18.8 Å². The fraction of sp³-hybridized carbons (Fsp3) is 0.474. The molecule has 1 aromatic rings. The third kappa shape index (κ3) is 1.91. The molecular weight excluding hydrogens is 322 g/mol. The molecule has 6 nitrogen and oxygen atoms in total. The second kappa shape index (κ2) is 5.51. The number of aldehydes is 1. The lowest BCUT2D eigenvalue weighted by molar-refractivity contribution is -0.158. The van der Waals surface area contributed by atoms with Crippen LogP contribution in [0.2, 0.25) is 0 Å². The summed E-state index contributed by atoms with van der Waals surface area (Å²) in [5.41, 5.74) is 1.80. The van der Waals surface area contributed by atoms with Crippen LogP contribution in [0.15, 0.2) is 24.3 Å². The highest BCUT2D eigenvalue weighted by Gasteiger charge is 2.66. The molecule has 4 aliphatic rings. The van der Waals surface area contributed by atoms with Crippen molar-refractivity contribution >= 4 is 24.1 Å². The number of hydrogen-bond donors (Lipinski definition) is 0. The number of amides is 2. The summed E-state index contributed by atoms with van der Waals surface area (Å²) in [6, 6.07) is 7.52. The number of carbonyl (C=O) groups is 4. The first kappa shape index (κ1) is 16.0. The average Bonchev–Trinajstić information content (AvgIpc) is 2.86. The van der Waals surface area contributed by atoms with Gasteiger partial charge in [0.1, 0.15) is 6.29 Å². The molecule has 6 heteroatoms. The van der Waals surface area contributed by atoms with Gasteiger partial charge < -0.3 is 9.53 Å². The maximum absolute atomic E-state index is 12.7. The van der Waals surface area contributed by atoms with Crippen molar-refractivity contribution in [3.63, 3.8) is 0 Å². The van der Waals surface area contributed by atoms with E-state index in [1.807, 2.05) is 24.3 Å². The van der Waals surface area contributed by atoms with E-state index >= 15 is 0 Å². The molecule has 2 fully saturated rings.